The van der Waals surface area contributed by atoms with E-state index in [1.165, 1.54) is 0 Å². The molecule has 1 aliphatic rings. The SMILES string of the molecule is CCCNC(=O)c1ccc(NC2CCN(C(=O)c3ccccn3)C2)nc1. The molecule has 3 rings (SSSR count). The van der Waals surface area contributed by atoms with Gasteiger partial charge in [0.2, 0.25) is 0 Å². The number of anilines is 1. The number of rotatable bonds is 6. The third-order valence-electron chi connectivity index (χ3n) is 4.27. The van der Waals surface area contributed by atoms with Gasteiger partial charge in [-0.05, 0) is 37.1 Å². The fourth-order valence-corrected chi connectivity index (χ4v) is 2.88. The molecule has 1 fully saturated rings. The number of nitrogens with zero attached hydrogens (tertiary/aromatic N) is 3. The summed E-state index contributed by atoms with van der Waals surface area (Å²) in [5, 5.41) is 6.15. The van der Waals surface area contributed by atoms with Gasteiger partial charge in [-0.3, -0.25) is 14.6 Å². The summed E-state index contributed by atoms with van der Waals surface area (Å²) < 4.78 is 0. The predicted octanol–water partition coefficient (Wildman–Crippen LogP) is 1.94. The van der Waals surface area contributed by atoms with Gasteiger partial charge in [-0.2, -0.15) is 0 Å². The molecule has 0 bridgehead atoms. The van der Waals surface area contributed by atoms with Gasteiger partial charge >= 0.3 is 0 Å². The molecule has 0 spiro atoms. The van der Waals surface area contributed by atoms with Crippen LogP contribution in [0.5, 0.6) is 0 Å². The van der Waals surface area contributed by atoms with E-state index in [2.05, 4.69) is 20.6 Å². The monoisotopic (exact) mass is 353 g/mol. The van der Waals surface area contributed by atoms with Crippen LogP contribution in [-0.4, -0.2) is 52.4 Å². The highest BCUT2D eigenvalue weighted by atomic mass is 16.2. The molecule has 1 saturated heterocycles. The van der Waals surface area contributed by atoms with Crippen molar-refractivity contribution in [2.45, 2.75) is 25.8 Å². The Hall–Kier alpha value is -2.96. The molecule has 1 atom stereocenters. The van der Waals surface area contributed by atoms with Crippen LogP contribution in [0.2, 0.25) is 0 Å². The fourth-order valence-electron chi connectivity index (χ4n) is 2.88. The number of pyridine rings is 2. The second-order valence-corrected chi connectivity index (χ2v) is 6.28. The molecule has 2 aromatic rings. The summed E-state index contributed by atoms with van der Waals surface area (Å²) in [6, 6.07) is 9.02. The Labute approximate surface area is 152 Å². The summed E-state index contributed by atoms with van der Waals surface area (Å²) in [5.41, 5.74) is 1.01. The predicted molar refractivity (Wildman–Crippen MR) is 99.0 cm³/mol. The Morgan fingerprint density at radius 2 is 2.12 bits per heavy atom. The largest absolute Gasteiger partial charge is 0.365 e. The Bertz CT molecular complexity index is 748. The number of likely N-dealkylation sites (tertiary alicyclic amines) is 1. The second-order valence-electron chi connectivity index (χ2n) is 6.28. The van der Waals surface area contributed by atoms with Gasteiger partial charge in [-0.15, -0.1) is 0 Å². The average Bonchev–Trinajstić information content (AvgIpc) is 3.15. The van der Waals surface area contributed by atoms with E-state index in [9.17, 15) is 9.59 Å². The zero-order valence-corrected chi connectivity index (χ0v) is 14.8. The molecule has 7 nitrogen and oxygen atoms in total. The van der Waals surface area contributed by atoms with Crippen molar-refractivity contribution in [3.8, 4) is 0 Å². The van der Waals surface area contributed by atoms with Gasteiger partial charge in [0.25, 0.3) is 11.8 Å². The van der Waals surface area contributed by atoms with Crippen LogP contribution < -0.4 is 10.6 Å². The van der Waals surface area contributed by atoms with E-state index in [-0.39, 0.29) is 17.9 Å². The van der Waals surface area contributed by atoms with E-state index in [0.29, 0.717) is 36.7 Å². The van der Waals surface area contributed by atoms with Gasteiger partial charge in [-0.1, -0.05) is 13.0 Å². The molecule has 7 heteroatoms. The van der Waals surface area contributed by atoms with Crippen LogP contribution in [0.15, 0.2) is 42.7 Å². The molecule has 1 aliphatic heterocycles. The molecule has 3 heterocycles. The van der Waals surface area contributed by atoms with Gasteiger partial charge in [-0.25, -0.2) is 4.98 Å². The second kappa shape index (κ2) is 8.42. The van der Waals surface area contributed by atoms with Crippen molar-refractivity contribution in [1.29, 1.82) is 0 Å². The van der Waals surface area contributed by atoms with Gasteiger partial charge in [0.1, 0.15) is 11.5 Å². The number of aromatic nitrogens is 2. The minimum absolute atomic E-state index is 0.0502. The lowest BCUT2D eigenvalue weighted by molar-refractivity contribution is 0.0785. The van der Waals surface area contributed by atoms with Crippen molar-refractivity contribution in [3.63, 3.8) is 0 Å². The number of nitrogens with one attached hydrogen (secondary N) is 2. The molecule has 2 aromatic heterocycles. The van der Waals surface area contributed by atoms with Crippen molar-refractivity contribution in [2.75, 3.05) is 25.0 Å². The van der Waals surface area contributed by atoms with Crippen molar-refractivity contribution in [1.82, 2.24) is 20.2 Å². The maximum absolute atomic E-state index is 12.4. The Balaban J connectivity index is 1.54. The Morgan fingerprint density at radius 3 is 2.81 bits per heavy atom. The van der Waals surface area contributed by atoms with E-state index < -0.39 is 0 Å². The van der Waals surface area contributed by atoms with Gasteiger partial charge in [0.05, 0.1) is 5.56 Å². The summed E-state index contributed by atoms with van der Waals surface area (Å²) in [6.45, 7) is 3.95. The molecule has 26 heavy (non-hydrogen) atoms. The van der Waals surface area contributed by atoms with Gasteiger partial charge in [0, 0.05) is 38.1 Å². The van der Waals surface area contributed by atoms with Gasteiger partial charge in [0.15, 0.2) is 0 Å². The first kappa shape index (κ1) is 17.8. The molecule has 0 aliphatic carbocycles. The summed E-state index contributed by atoms with van der Waals surface area (Å²) in [6.07, 6.45) is 4.94. The molecule has 0 radical (unpaired) electrons. The Morgan fingerprint density at radius 1 is 1.23 bits per heavy atom. The highest BCUT2D eigenvalue weighted by molar-refractivity contribution is 5.94. The molecule has 1 unspecified atom stereocenters. The van der Waals surface area contributed by atoms with Crippen molar-refractivity contribution in [2.24, 2.45) is 0 Å². The minimum Gasteiger partial charge on any atom is -0.365 e. The summed E-state index contributed by atoms with van der Waals surface area (Å²) in [4.78, 5) is 34.5. The fraction of sp³-hybridized carbons (Fsp3) is 0.368. The number of carbonyl (C=O) groups excluding carboxylic acids is 2. The van der Waals surface area contributed by atoms with Crippen molar-refractivity contribution < 1.29 is 9.59 Å². The lowest BCUT2D eigenvalue weighted by Gasteiger charge is -2.17. The van der Waals surface area contributed by atoms with Crippen molar-refractivity contribution in [3.05, 3.63) is 54.0 Å². The Kier molecular flexibility index (Phi) is 5.78. The summed E-state index contributed by atoms with van der Waals surface area (Å²) >= 11 is 0. The van der Waals surface area contributed by atoms with Crippen LogP contribution in [0.4, 0.5) is 5.82 Å². The van der Waals surface area contributed by atoms with Crippen LogP contribution in [0.25, 0.3) is 0 Å². The number of hydrogen-bond acceptors (Lipinski definition) is 5. The van der Waals surface area contributed by atoms with E-state index >= 15 is 0 Å². The maximum Gasteiger partial charge on any atom is 0.272 e. The van der Waals surface area contributed by atoms with Crippen LogP contribution in [0.1, 0.15) is 40.6 Å². The first-order valence-electron chi connectivity index (χ1n) is 8.88. The molecular weight excluding hydrogens is 330 g/mol. The van der Waals surface area contributed by atoms with Crippen LogP contribution in [0.3, 0.4) is 0 Å². The molecule has 0 aromatic carbocycles. The molecule has 2 amide bonds. The smallest absolute Gasteiger partial charge is 0.272 e. The van der Waals surface area contributed by atoms with E-state index in [1.54, 1.807) is 41.6 Å². The highest BCUT2D eigenvalue weighted by Crippen LogP contribution is 2.16. The quantitative estimate of drug-likeness (QED) is 0.829. The van der Waals surface area contributed by atoms with E-state index in [1.807, 2.05) is 13.0 Å². The molecular formula is C19H23N5O2. The maximum atomic E-state index is 12.4. The molecule has 2 N–H and O–H groups in total. The van der Waals surface area contributed by atoms with Crippen LogP contribution in [0, 0.1) is 0 Å². The summed E-state index contributed by atoms with van der Waals surface area (Å²) in [5.74, 6) is 0.541. The zero-order valence-electron chi connectivity index (χ0n) is 14.8. The first-order chi connectivity index (χ1) is 12.7. The third-order valence-corrected chi connectivity index (χ3v) is 4.27. The van der Waals surface area contributed by atoms with E-state index in [4.69, 9.17) is 0 Å². The van der Waals surface area contributed by atoms with Crippen LogP contribution in [-0.2, 0) is 0 Å². The number of carbonyl (C=O) groups is 2. The standard InChI is InChI=1S/C19H23N5O2/c1-2-9-21-18(25)14-6-7-17(22-12-14)23-15-8-11-24(13-15)19(26)16-5-3-4-10-20-16/h3-7,10,12,15H,2,8-9,11,13H2,1H3,(H,21,25)(H,22,23). The van der Waals surface area contributed by atoms with E-state index in [0.717, 1.165) is 12.8 Å². The molecule has 0 saturated carbocycles. The molecule has 136 valence electrons. The normalized spacial score (nSPS) is 16.3. The highest BCUT2D eigenvalue weighted by Gasteiger charge is 2.27. The number of amides is 2. The lowest BCUT2D eigenvalue weighted by Crippen LogP contribution is -2.32. The minimum atomic E-state index is -0.112. The third kappa shape index (κ3) is 4.36. The van der Waals surface area contributed by atoms with Crippen molar-refractivity contribution >= 4 is 17.6 Å². The average molecular weight is 353 g/mol. The first-order valence-corrected chi connectivity index (χ1v) is 8.88. The van der Waals surface area contributed by atoms with Gasteiger partial charge < -0.3 is 15.5 Å². The van der Waals surface area contributed by atoms with Crippen LogP contribution >= 0.6 is 0 Å². The zero-order chi connectivity index (χ0) is 18.4. The number of hydrogen-bond donors (Lipinski definition) is 2. The lowest BCUT2D eigenvalue weighted by atomic mass is 10.2. The summed E-state index contributed by atoms with van der Waals surface area (Å²) in [7, 11) is 0. The topological polar surface area (TPSA) is 87.2 Å².